The fourth-order valence-corrected chi connectivity index (χ4v) is 0. The first-order valence-corrected chi connectivity index (χ1v) is 1.68. The zero-order valence-electron chi connectivity index (χ0n) is 2.87. The maximum absolute atomic E-state index is 5.14. The highest BCUT2D eigenvalue weighted by Gasteiger charge is 1.71. The molecule has 0 unspecified atom stereocenters. The minimum atomic E-state index is 0.377. The molecule has 0 aliphatic carbocycles. The number of hydrogen-bond acceptors (Lipinski definition) is 1. The van der Waals surface area contributed by atoms with Crippen molar-refractivity contribution in [3.8, 4) is 0 Å². The van der Waals surface area contributed by atoms with Crippen LogP contribution >= 0.6 is 11.6 Å². The van der Waals surface area contributed by atoms with Crippen LogP contribution in [0.1, 0.15) is 0 Å². The third-order valence-corrected chi connectivity index (χ3v) is 0.376. The molecule has 0 atom stereocenters. The second kappa shape index (κ2) is 2.24. The molecule has 0 heterocycles. The maximum Gasteiger partial charge on any atom is 0.0281 e. The molecular formula is C3H6ClN. The molecule has 0 fully saturated rings. The first-order valence-electron chi connectivity index (χ1n) is 1.30. The highest BCUT2D eigenvalue weighted by Crippen LogP contribution is 1.87. The Labute approximate surface area is 36.4 Å². The summed E-state index contributed by atoms with van der Waals surface area (Å²) in [4.78, 5) is 0. The predicted molar refractivity (Wildman–Crippen MR) is 24.0 cm³/mol. The fourth-order valence-electron chi connectivity index (χ4n) is 0. The van der Waals surface area contributed by atoms with Gasteiger partial charge in [0, 0.05) is 11.6 Å². The molecule has 2 N–H and O–H groups in total. The van der Waals surface area contributed by atoms with Crippen molar-refractivity contribution in [3.63, 3.8) is 0 Å². The molecule has 0 saturated heterocycles. The van der Waals surface area contributed by atoms with Crippen LogP contribution in [-0.4, -0.2) is 6.54 Å². The van der Waals surface area contributed by atoms with E-state index in [0.29, 0.717) is 11.6 Å². The molecule has 1 nitrogen and oxygen atoms in total. The highest BCUT2D eigenvalue weighted by atomic mass is 35.5. The number of rotatable bonds is 1. The number of hydrogen-bond donors (Lipinski definition) is 1. The van der Waals surface area contributed by atoms with Gasteiger partial charge in [0.15, 0.2) is 0 Å². The summed E-state index contributed by atoms with van der Waals surface area (Å²) in [7, 11) is 0. The van der Waals surface area contributed by atoms with Gasteiger partial charge in [-0.05, 0) is 0 Å². The molecule has 0 rings (SSSR count). The average molecular weight is 91.5 g/mol. The Morgan fingerprint density at radius 2 is 2.20 bits per heavy atom. The van der Waals surface area contributed by atoms with E-state index < -0.39 is 0 Å². The molecule has 0 aromatic rings. The summed E-state index contributed by atoms with van der Waals surface area (Å²) >= 11 is 5.14. The molecule has 0 spiro atoms. The van der Waals surface area contributed by atoms with Gasteiger partial charge < -0.3 is 5.73 Å². The molecule has 0 bridgehead atoms. The molecule has 2 heteroatoms. The fraction of sp³-hybridized carbons (Fsp3) is 0.333. The van der Waals surface area contributed by atoms with Crippen molar-refractivity contribution in [3.05, 3.63) is 11.6 Å². The Bertz CT molecular complexity index is 42.2. The standard InChI is InChI=1S/C3H6ClN/c1-3(4)2-5/h1-2,5H2. The number of halogens is 1. The molecule has 0 aromatic heterocycles. The second-order valence-corrected chi connectivity index (χ2v) is 1.26. The summed E-state index contributed by atoms with van der Waals surface area (Å²) in [6.45, 7) is 3.69. The van der Waals surface area contributed by atoms with E-state index in [2.05, 4.69) is 6.58 Å². The third-order valence-electron chi connectivity index (χ3n) is 0.221. The zero-order chi connectivity index (χ0) is 4.28. The van der Waals surface area contributed by atoms with E-state index >= 15 is 0 Å². The molecule has 0 aliphatic heterocycles. The second-order valence-electron chi connectivity index (χ2n) is 0.721. The van der Waals surface area contributed by atoms with Gasteiger partial charge in [-0.15, -0.1) is 0 Å². The van der Waals surface area contributed by atoms with Gasteiger partial charge in [0.05, 0.1) is 0 Å². The topological polar surface area (TPSA) is 26.0 Å². The Balaban J connectivity index is 2.85. The third kappa shape index (κ3) is 3.99. The van der Waals surface area contributed by atoms with Gasteiger partial charge in [-0.1, -0.05) is 18.2 Å². The van der Waals surface area contributed by atoms with E-state index in [1.54, 1.807) is 0 Å². The average Bonchev–Trinajstić information content (AvgIpc) is 1.38. The summed E-state index contributed by atoms with van der Waals surface area (Å²) in [5.41, 5.74) is 4.94. The van der Waals surface area contributed by atoms with Gasteiger partial charge >= 0.3 is 0 Å². The molecule has 30 valence electrons. The highest BCUT2D eigenvalue weighted by molar-refractivity contribution is 6.29. The molecule has 0 aliphatic rings. The van der Waals surface area contributed by atoms with E-state index in [4.69, 9.17) is 17.3 Å². The van der Waals surface area contributed by atoms with Gasteiger partial charge in [0.1, 0.15) is 0 Å². The maximum atomic E-state index is 5.14. The first kappa shape index (κ1) is 4.99. The van der Waals surface area contributed by atoms with Gasteiger partial charge in [0.25, 0.3) is 0 Å². The van der Waals surface area contributed by atoms with E-state index in [0.717, 1.165) is 0 Å². The van der Waals surface area contributed by atoms with Crippen molar-refractivity contribution in [1.29, 1.82) is 0 Å². The van der Waals surface area contributed by atoms with Gasteiger partial charge in [-0.2, -0.15) is 0 Å². The van der Waals surface area contributed by atoms with Crippen molar-refractivity contribution in [2.24, 2.45) is 5.73 Å². The molecule has 0 aromatic carbocycles. The van der Waals surface area contributed by atoms with E-state index in [-0.39, 0.29) is 0 Å². The summed E-state index contributed by atoms with van der Waals surface area (Å²) in [5.74, 6) is 0. The van der Waals surface area contributed by atoms with Crippen LogP contribution < -0.4 is 5.73 Å². The molecule has 0 radical (unpaired) electrons. The van der Waals surface area contributed by atoms with Crippen LogP contribution in [0.4, 0.5) is 0 Å². The molecule has 0 amide bonds. The molecule has 0 saturated carbocycles. The quantitative estimate of drug-likeness (QED) is 0.505. The lowest BCUT2D eigenvalue weighted by Gasteiger charge is -1.77. The van der Waals surface area contributed by atoms with Crippen LogP contribution in [0.25, 0.3) is 0 Å². The lowest BCUT2D eigenvalue weighted by Crippen LogP contribution is -1.95. The van der Waals surface area contributed by atoms with Crippen molar-refractivity contribution < 1.29 is 0 Å². The summed E-state index contributed by atoms with van der Waals surface area (Å²) in [5, 5.41) is 0.505. The van der Waals surface area contributed by atoms with Crippen LogP contribution in [0.3, 0.4) is 0 Å². The Kier molecular flexibility index (Phi) is 2.24. The van der Waals surface area contributed by atoms with Crippen LogP contribution in [0, 0.1) is 0 Å². The number of nitrogens with two attached hydrogens (primary N) is 1. The molecule has 5 heavy (non-hydrogen) atoms. The predicted octanol–water partition coefficient (Wildman–Crippen LogP) is 0.698. The summed E-state index contributed by atoms with van der Waals surface area (Å²) in [6, 6.07) is 0. The monoisotopic (exact) mass is 91.0 g/mol. The largest absolute Gasteiger partial charge is 0.326 e. The lowest BCUT2D eigenvalue weighted by molar-refractivity contribution is 1.24. The normalized spacial score (nSPS) is 7.60. The molecular weight excluding hydrogens is 85.5 g/mol. The van der Waals surface area contributed by atoms with Crippen LogP contribution in [0.5, 0.6) is 0 Å². The zero-order valence-corrected chi connectivity index (χ0v) is 3.63. The van der Waals surface area contributed by atoms with Crippen molar-refractivity contribution in [1.82, 2.24) is 0 Å². The van der Waals surface area contributed by atoms with Gasteiger partial charge in [0.2, 0.25) is 0 Å². The Morgan fingerprint density at radius 3 is 2.20 bits per heavy atom. The van der Waals surface area contributed by atoms with Crippen LogP contribution in [0.15, 0.2) is 11.6 Å². The summed E-state index contributed by atoms with van der Waals surface area (Å²) in [6.07, 6.45) is 0. The van der Waals surface area contributed by atoms with Gasteiger partial charge in [-0.3, -0.25) is 0 Å². The lowest BCUT2D eigenvalue weighted by atomic mass is 10.7. The smallest absolute Gasteiger partial charge is 0.0281 e. The van der Waals surface area contributed by atoms with E-state index in [1.807, 2.05) is 0 Å². The van der Waals surface area contributed by atoms with Crippen molar-refractivity contribution in [2.45, 2.75) is 0 Å². The van der Waals surface area contributed by atoms with Crippen molar-refractivity contribution >= 4 is 11.6 Å². The Hall–Kier alpha value is -0.0100. The van der Waals surface area contributed by atoms with E-state index in [1.165, 1.54) is 0 Å². The Morgan fingerprint density at radius 1 is 2.00 bits per heavy atom. The van der Waals surface area contributed by atoms with E-state index in [9.17, 15) is 0 Å². The van der Waals surface area contributed by atoms with Gasteiger partial charge in [-0.25, -0.2) is 0 Å². The summed E-state index contributed by atoms with van der Waals surface area (Å²) < 4.78 is 0. The van der Waals surface area contributed by atoms with Crippen LogP contribution in [-0.2, 0) is 0 Å². The minimum Gasteiger partial charge on any atom is -0.326 e. The van der Waals surface area contributed by atoms with Crippen LogP contribution in [0.2, 0.25) is 0 Å². The first-order chi connectivity index (χ1) is 2.27. The van der Waals surface area contributed by atoms with Crippen molar-refractivity contribution in [2.75, 3.05) is 6.54 Å². The minimum absolute atomic E-state index is 0.377. The SMILES string of the molecule is C=C(Cl)CN.